The monoisotopic (exact) mass is 349 g/mol. The molecule has 5 heteroatoms. The quantitative estimate of drug-likeness (QED) is 0.765. The number of piperidine rings is 1. The van der Waals surface area contributed by atoms with Crippen LogP contribution in [0.5, 0.6) is 0 Å². The van der Waals surface area contributed by atoms with Gasteiger partial charge in [-0.3, -0.25) is 9.58 Å². The van der Waals surface area contributed by atoms with Gasteiger partial charge in [-0.25, -0.2) is 4.98 Å². The van der Waals surface area contributed by atoms with Crippen molar-refractivity contribution in [3.05, 3.63) is 47.5 Å². The predicted molar refractivity (Wildman–Crippen MR) is 103 cm³/mol. The number of hydrogen-bond acceptors (Lipinski definition) is 3. The number of para-hydroxylation sites is 2. The van der Waals surface area contributed by atoms with E-state index in [0.29, 0.717) is 5.92 Å². The molecule has 136 valence electrons. The molecule has 1 saturated heterocycles. The van der Waals surface area contributed by atoms with Gasteiger partial charge in [-0.05, 0) is 50.3 Å². The third kappa shape index (κ3) is 3.16. The van der Waals surface area contributed by atoms with E-state index in [2.05, 4.69) is 57.2 Å². The average molecular weight is 349 g/mol. The molecule has 5 nitrogen and oxygen atoms in total. The maximum absolute atomic E-state index is 4.78. The number of nitrogens with one attached hydrogen (secondary N) is 1. The van der Waals surface area contributed by atoms with E-state index in [-0.39, 0.29) is 0 Å². The summed E-state index contributed by atoms with van der Waals surface area (Å²) in [7, 11) is 2.09. The second-order valence-corrected chi connectivity index (χ2v) is 8.10. The molecular formula is C21H27N5. The molecule has 0 bridgehead atoms. The van der Waals surface area contributed by atoms with Crippen LogP contribution in [0.25, 0.3) is 11.0 Å². The van der Waals surface area contributed by atoms with Gasteiger partial charge in [-0.2, -0.15) is 5.10 Å². The summed E-state index contributed by atoms with van der Waals surface area (Å²) >= 11 is 0. The van der Waals surface area contributed by atoms with Gasteiger partial charge in [0.1, 0.15) is 5.82 Å². The standard InChI is InChI=1S/C21H27N5/c1-25-21(16-8-9-16)17(12-22-25)14-26-10-4-5-15(13-26)11-20-23-18-6-2-3-7-19(18)24-20/h2-3,6-7,12,15-16H,4-5,8-11,13-14H2,1H3,(H,23,24)/t15-/m0/s1. The van der Waals surface area contributed by atoms with Crippen LogP contribution in [0.4, 0.5) is 0 Å². The molecule has 3 aromatic rings. The Balaban J connectivity index is 1.26. The Morgan fingerprint density at radius 1 is 1.19 bits per heavy atom. The number of likely N-dealkylation sites (tertiary alicyclic amines) is 1. The molecular weight excluding hydrogens is 322 g/mol. The van der Waals surface area contributed by atoms with Crippen molar-refractivity contribution in [2.45, 2.75) is 44.6 Å². The molecule has 0 spiro atoms. The molecule has 1 atom stereocenters. The number of hydrogen-bond donors (Lipinski definition) is 1. The molecule has 0 unspecified atom stereocenters. The molecule has 1 saturated carbocycles. The zero-order chi connectivity index (χ0) is 17.5. The predicted octanol–water partition coefficient (Wildman–Crippen LogP) is 3.63. The van der Waals surface area contributed by atoms with Crippen molar-refractivity contribution in [3.63, 3.8) is 0 Å². The lowest BCUT2D eigenvalue weighted by Gasteiger charge is -2.32. The second kappa shape index (κ2) is 6.54. The minimum atomic E-state index is 0.686. The number of aromatic nitrogens is 4. The van der Waals surface area contributed by atoms with Crippen LogP contribution in [0.1, 0.15) is 48.7 Å². The van der Waals surface area contributed by atoms with Gasteiger partial charge in [0.2, 0.25) is 0 Å². The molecule has 0 radical (unpaired) electrons. The van der Waals surface area contributed by atoms with Crippen LogP contribution in [0.3, 0.4) is 0 Å². The summed E-state index contributed by atoms with van der Waals surface area (Å²) in [5.74, 6) is 2.58. The fraction of sp³-hybridized carbons (Fsp3) is 0.524. The lowest BCUT2D eigenvalue weighted by Crippen LogP contribution is -2.36. The number of H-pyrrole nitrogens is 1. The minimum Gasteiger partial charge on any atom is -0.342 e. The molecule has 2 aromatic heterocycles. The molecule has 1 N–H and O–H groups in total. The van der Waals surface area contributed by atoms with Crippen LogP contribution in [0.2, 0.25) is 0 Å². The molecule has 3 heterocycles. The van der Waals surface area contributed by atoms with Crippen molar-refractivity contribution in [2.75, 3.05) is 13.1 Å². The van der Waals surface area contributed by atoms with E-state index in [9.17, 15) is 0 Å². The van der Waals surface area contributed by atoms with Gasteiger partial charge < -0.3 is 4.98 Å². The van der Waals surface area contributed by atoms with E-state index < -0.39 is 0 Å². The average Bonchev–Trinajstić information content (AvgIpc) is 3.28. The molecule has 1 aromatic carbocycles. The van der Waals surface area contributed by atoms with Gasteiger partial charge in [0.15, 0.2) is 0 Å². The van der Waals surface area contributed by atoms with Crippen molar-refractivity contribution >= 4 is 11.0 Å². The summed E-state index contributed by atoms with van der Waals surface area (Å²) in [5.41, 5.74) is 5.16. The molecule has 26 heavy (non-hydrogen) atoms. The molecule has 1 aliphatic heterocycles. The lowest BCUT2D eigenvalue weighted by atomic mass is 9.94. The fourth-order valence-electron chi connectivity index (χ4n) is 4.58. The van der Waals surface area contributed by atoms with E-state index in [1.54, 1.807) is 0 Å². The number of rotatable bonds is 5. The van der Waals surface area contributed by atoms with Crippen molar-refractivity contribution in [1.29, 1.82) is 0 Å². The molecule has 2 fully saturated rings. The van der Waals surface area contributed by atoms with E-state index in [4.69, 9.17) is 4.98 Å². The van der Waals surface area contributed by atoms with Crippen LogP contribution in [-0.4, -0.2) is 37.7 Å². The Bertz CT molecular complexity index is 871. The van der Waals surface area contributed by atoms with Crippen molar-refractivity contribution in [3.8, 4) is 0 Å². The van der Waals surface area contributed by atoms with E-state index in [0.717, 1.165) is 42.3 Å². The third-order valence-corrected chi connectivity index (χ3v) is 5.95. The highest BCUT2D eigenvalue weighted by Crippen LogP contribution is 2.41. The summed E-state index contributed by atoms with van der Waals surface area (Å²) in [6.07, 6.45) is 8.40. The van der Waals surface area contributed by atoms with Gasteiger partial charge in [0.25, 0.3) is 0 Å². The van der Waals surface area contributed by atoms with Gasteiger partial charge >= 0.3 is 0 Å². The number of benzene rings is 1. The Labute approximate surface area is 154 Å². The SMILES string of the molecule is Cn1ncc(CN2CCC[C@@H](Cc3nc4ccccc4[nH]3)C2)c1C1CC1. The fourth-order valence-corrected chi connectivity index (χ4v) is 4.58. The van der Waals surface area contributed by atoms with Crippen LogP contribution >= 0.6 is 0 Å². The molecule has 1 aliphatic carbocycles. The third-order valence-electron chi connectivity index (χ3n) is 5.95. The summed E-state index contributed by atoms with van der Waals surface area (Å²) in [5, 5.41) is 4.53. The van der Waals surface area contributed by atoms with Crippen LogP contribution < -0.4 is 0 Å². The zero-order valence-corrected chi connectivity index (χ0v) is 15.5. The molecule has 5 rings (SSSR count). The Morgan fingerprint density at radius 3 is 2.92 bits per heavy atom. The number of nitrogens with zero attached hydrogens (tertiary/aromatic N) is 4. The maximum atomic E-state index is 4.78. The van der Waals surface area contributed by atoms with Crippen molar-refractivity contribution in [2.24, 2.45) is 13.0 Å². The van der Waals surface area contributed by atoms with Gasteiger partial charge in [0, 0.05) is 43.7 Å². The van der Waals surface area contributed by atoms with E-state index in [1.807, 2.05) is 0 Å². The van der Waals surface area contributed by atoms with Crippen LogP contribution in [-0.2, 0) is 20.0 Å². The van der Waals surface area contributed by atoms with Gasteiger partial charge in [-0.15, -0.1) is 0 Å². The summed E-state index contributed by atoms with van der Waals surface area (Å²) in [6.45, 7) is 3.42. The number of fused-ring (bicyclic) bond motifs is 1. The second-order valence-electron chi connectivity index (χ2n) is 8.10. The maximum Gasteiger partial charge on any atom is 0.107 e. The summed E-state index contributed by atoms with van der Waals surface area (Å²) in [6, 6.07) is 8.32. The number of imidazole rings is 1. The van der Waals surface area contributed by atoms with Crippen molar-refractivity contribution < 1.29 is 0 Å². The highest BCUT2D eigenvalue weighted by atomic mass is 15.3. The first-order valence-corrected chi connectivity index (χ1v) is 9.93. The first kappa shape index (κ1) is 16.1. The topological polar surface area (TPSA) is 49.7 Å². The van der Waals surface area contributed by atoms with Gasteiger partial charge in [-0.1, -0.05) is 12.1 Å². The Hall–Kier alpha value is -2.14. The summed E-state index contributed by atoms with van der Waals surface area (Å²) in [4.78, 5) is 10.9. The number of aryl methyl sites for hydroxylation is 1. The minimum absolute atomic E-state index is 0.686. The Kier molecular flexibility index (Phi) is 4.04. The molecule has 2 aliphatic rings. The smallest absolute Gasteiger partial charge is 0.107 e. The van der Waals surface area contributed by atoms with Crippen LogP contribution in [0.15, 0.2) is 30.5 Å². The Morgan fingerprint density at radius 2 is 2.08 bits per heavy atom. The largest absolute Gasteiger partial charge is 0.342 e. The number of aromatic amines is 1. The normalized spacial score (nSPS) is 21.5. The first-order valence-electron chi connectivity index (χ1n) is 9.93. The van der Waals surface area contributed by atoms with Crippen LogP contribution in [0, 0.1) is 5.92 Å². The first-order chi connectivity index (χ1) is 12.8. The summed E-state index contributed by atoms with van der Waals surface area (Å²) < 4.78 is 2.10. The zero-order valence-electron chi connectivity index (χ0n) is 15.5. The van der Waals surface area contributed by atoms with Gasteiger partial charge in [0.05, 0.1) is 17.2 Å². The van der Waals surface area contributed by atoms with E-state index in [1.165, 1.54) is 43.5 Å². The molecule has 0 amide bonds. The highest BCUT2D eigenvalue weighted by Gasteiger charge is 2.30. The highest BCUT2D eigenvalue weighted by molar-refractivity contribution is 5.74. The lowest BCUT2D eigenvalue weighted by molar-refractivity contribution is 0.165. The van der Waals surface area contributed by atoms with Crippen molar-refractivity contribution in [1.82, 2.24) is 24.6 Å². The van der Waals surface area contributed by atoms with E-state index >= 15 is 0 Å².